The second-order valence-electron chi connectivity index (χ2n) is 8.38. The average molecular weight is 476 g/mol. The summed E-state index contributed by atoms with van der Waals surface area (Å²) < 4.78 is 9.97. The summed E-state index contributed by atoms with van der Waals surface area (Å²) >= 11 is 0. The van der Waals surface area contributed by atoms with Crippen LogP contribution in [0.4, 0.5) is 4.79 Å². The van der Waals surface area contributed by atoms with Crippen LogP contribution in [0.2, 0.25) is 0 Å². The van der Waals surface area contributed by atoms with Crippen molar-refractivity contribution < 1.29 is 33.8 Å². The van der Waals surface area contributed by atoms with Gasteiger partial charge in [-0.1, -0.05) is 36.3 Å². The van der Waals surface area contributed by atoms with Gasteiger partial charge in [-0.15, -0.1) is 0 Å². The Morgan fingerprint density at radius 1 is 1.24 bits per heavy atom. The van der Waals surface area contributed by atoms with Gasteiger partial charge in [0.25, 0.3) is 5.91 Å². The van der Waals surface area contributed by atoms with Crippen LogP contribution in [0, 0.1) is 19.4 Å². The molecule has 0 aromatic heterocycles. The Hall–Kier alpha value is -3.58. The lowest BCUT2D eigenvalue weighted by molar-refractivity contribution is -0.143. The normalized spacial score (nSPS) is 12.5. The molecule has 0 fully saturated rings. The molecule has 0 heterocycles. The predicted molar refractivity (Wildman–Crippen MR) is 124 cm³/mol. The summed E-state index contributed by atoms with van der Waals surface area (Å²) in [6.45, 7) is 7.81. The molecular weight excluding hydrogens is 442 g/mol. The van der Waals surface area contributed by atoms with Crippen molar-refractivity contribution >= 4 is 23.9 Å². The molecule has 2 atom stereocenters. The summed E-state index contributed by atoms with van der Waals surface area (Å²) in [5.41, 5.74) is 0.396. The molecule has 10 heteroatoms. The van der Waals surface area contributed by atoms with E-state index in [1.165, 1.54) is 0 Å². The second kappa shape index (κ2) is 13.2. The minimum atomic E-state index is -1.45. The van der Waals surface area contributed by atoms with Gasteiger partial charge in [0.2, 0.25) is 5.91 Å². The SMILES string of the molecule is C#CN(C(=O)C(CO)NC(=O)OC(C)(C)C)C(C(=O)NCCC(=O)OCC)c1cccc(C)c1. The number of benzene rings is 1. The zero-order valence-corrected chi connectivity index (χ0v) is 20.2. The molecule has 0 aliphatic carbocycles. The zero-order chi connectivity index (χ0) is 25.9. The summed E-state index contributed by atoms with van der Waals surface area (Å²) in [7, 11) is 0. The van der Waals surface area contributed by atoms with Crippen LogP contribution < -0.4 is 10.6 Å². The minimum Gasteiger partial charge on any atom is -0.466 e. The van der Waals surface area contributed by atoms with E-state index in [1.807, 2.05) is 13.0 Å². The molecular formula is C24H33N3O7. The van der Waals surface area contributed by atoms with Gasteiger partial charge in [0.05, 0.1) is 19.6 Å². The fourth-order valence-corrected chi connectivity index (χ4v) is 2.94. The molecule has 1 rings (SSSR count). The third-order valence-corrected chi connectivity index (χ3v) is 4.35. The highest BCUT2D eigenvalue weighted by Crippen LogP contribution is 2.23. The number of nitrogens with one attached hydrogen (secondary N) is 2. The smallest absolute Gasteiger partial charge is 0.408 e. The van der Waals surface area contributed by atoms with E-state index in [0.717, 1.165) is 10.5 Å². The molecule has 0 aliphatic rings. The first-order valence-corrected chi connectivity index (χ1v) is 10.8. The first-order chi connectivity index (χ1) is 15.9. The molecule has 1 aromatic rings. The van der Waals surface area contributed by atoms with Gasteiger partial charge in [0.15, 0.2) is 0 Å². The van der Waals surface area contributed by atoms with Crippen LogP contribution >= 0.6 is 0 Å². The Morgan fingerprint density at radius 3 is 2.44 bits per heavy atom. The maximum Gasteiger partial charge on any atom is 0.408 e. The number of alkyl carbamates (subject to hydrolysis) is 1. The molecule has 0 saturated carbocycles. The molecule has 0 bridgehead atoms. The highest BCUT2D eigenvalue weighted by molar-refractivity contribution is 5.93. The topological polar surface area (TPSA) is 134 Å². The van der Waals surface area contributed by atoms with Crippen LogP contribution in [0.25, 0.3) is 0 Å². The van der Waals surface area contributed by atoms with Crippen molar-refractivity contribution in [1.29, 1.82) is 0 Å². The van der Waals surface area contributed by atoms with Crippen LogP contribution in [0.15, 0.2) is 24.3 Å². The highest BCUT2D eigenvalue weighted by atomic mass is 16.6. The van der Waals surface area contributed by atoms with E-state index in [-0.39, 0.29) is 19.6 Å². The number of rotatable bonds is 10. The third-order valence-electron chi connectivity index (χ3n) is 4.35. The molecule has 3 N–H and O–H groups in total. The monoisotopic (exact) mass is 475 g/mol. The van der Waals surface area contributed by atoms with E-state index < -0.39 is 48.2 Å². The van der Waals surface area contributed by atoms with Gasteiger partial charge >= 0.3 is 12.1 Å². The van der Waals surface area contributed by atoms with Crippen molar-refractivity contribution in [2.45, 2.75) is 58.7 Å². The van der Waals surface area contributed by atoms with Crippen LogP contribution in [0.5, 0.6) is 0 Å². The van der Waals surface area contributed by atoms with Gasteiger partial charge < -0.3 is 25.2 Å². The molecule has 0 spiro atoms. The van der Waals surface area contributed by atoms with Crippen LogP contribution in [-0.2, 0) is 23.9 Å². The number of hydrogen-bond acceptors (Lipinski definition) is 7. The van der Waals surface area contributed by atoms with E-state index in [9.17, 15) is 24.3 Å². The largest absolute Gasteiger partial charge is 0.466 e. The average Bonchev–Trinajstić information content (AvgIpc) is 2.74. The molecule has 10 nitrogen and oxygen atoms in total. The van der Waals surface area contributed by atoms with Crippen molar-refractivity contribution in [3.8, 4) is 12.5 Å². The molecule has 0 saturated heterocycles. The summed E-state index contributed by atoms with van der Waals surface area (Å²) in [5, 5.41) is 14.6. The number of esters is 1. The number of amides is 3. The minimum absolute atomic E-state index is 0.0355. The summed E-state index contributed by atoms with van der Waals surface area (Å²) in [6, 6.07) is 6.26. The van der Waals surface area contributed by atoms with Crippen molar-refractivity contribution in [2.24, 2.45) is 0 Å². The van der Waals surface area contributed by atoms with E-state index >= 15 is 0 Å². The number of nitrogens with zero attached hydrogens (tertiary/aromatic N) is 1. The summed E-state index contributed by atoms with van der Waals surface area (Å²) in [6.07, 6.45) is 4.61. The Kier molecular flexibility index (Phi) is 11.1. The number of carbonyl (C=O) groups is 4. The molecule has 1 aromatic carbocycles. The number of carbonyl (C=O) groups excluding carboxylic acids is 4. The summed E-state index contributed by atoms with van der Waals surface area (Å²) in [4.78, 5) is 50.8. The van der Waals surface area contributed by atoms with Crippen LogP contribution in [0.1, 0.15) is 51.3 Å². The lowest BCUT2D eigenvalue weighted by Gasteiger charge is -2.30. The maximum absolute atomic E-state index is 13.2. The van der Waals surface area contributed by atoms with E-state index in [2.05, 4.69) is 16.7 Å². The van der Waals surface area contributed by atoms with Gasteiger partial charge in [0.1, 0.15) is 17.7 Å². The van der Waals surface area contributed by atoms with E-state index in [0.29, 0.717) is 5.56 Å². The van der Waals surface area contributed by atoms with Gasteiger partial charge in [0, 0.05) is 12.6 Å². The lowest BCUT2D eigenvalue weighted by Crippen LogP contribution is -2.53. The fourth-order valence-electron chi connectivity index (χ4n) is 2.94. The standard InChI is InChI=1S/C24H33N3O7/c1-7-27(22(31)18(15-28)26-23(32)34-24(4,5)6)20(17-11-9-10-16(3)14-17)21(30)25-13-12-19(29)33-8-2/h1,9-11,14,18,20,28H,8,12-13,15H2,2-6H3,(H,25,30)(H,26,32). The van der Waals surface area contributed by atoms with Crippen LogP contribution in [-0.4, -0.2) is 65.3 Å². The fraction of sp³-hybridized carbons (Fsp3) is 0.500. The zero-order valence-electron chi connectivity index (χ0n) is 20.2. The Morgan fingerprint density at radius 2 is 1.91 bits per heavy atom. The van der Waals surface area contributed by atoms with Crippen molar-refractivity contribution in [2.75, 3.05) is 19.8 Å². The van der Waals surface area contributed by atoms with Gasteiger partial charge in [-0.3, -0.25) is 19.3 Å². The van der Waals surface area contributed by atoms with Crippen molar-refractivity contribution in [3.63, 3.8) is 0 Å². The molecule has 2 unspecified atom stereocenters. The van der Waals surface area contributed by atoms with Crippen molar-refractivity contribution in [1.82, 2.24) is 15.5 Å². The molecule has 34 heavy (non-hydrogen) atoms. The Labute approximate surface area is 200 Å². The first kappa shape index (κ1) is 28.5. The van der Waals surface area contributed by atoms with Crippen LogP contribution in [0.3, 0.4) is 0 Å². The van der Waals surface area contributed by atoms with E-state index in [1.54, 1.807) is 45.9 Å². The van der Waals surface area contributed by atoms with Gasteiger partial charge in [-0.2, -0.15) is 0 Å². The number of aryl methyl sites for hydroxylation is 1. The quantitative estimate of drug-likeness (QED) is 0.265. The lowest BCUT2D eigenvalue weighted by atomic mass is 10.0. The van der Waals surface area contributed by atoms with Gasteiger partial charge in [-0.25, -0.2) is 4.79 Å². The van der Waals surface area contributed by atoms with Crippen molar-refractivity contribution in [3.05, 3.63) is 35.4 Å². The maximum atomic E-state index is 13.2. The Bertz CT molecular complexity index is 918. The third kappa shape index (κ3) is 9.11. The number of hydrogen-bond donors (Lipinski definition) is 3. The molecule has 186 valence electrons. The first-order valence-electron chi connectivity index (χ1n) is 10.8. The molecule has 0 radical (unpaired) electrons. The molecule has 3 amide bonds. The number of aliphatic hydroxyl groups excluding tert-OH is 1. The molecule has 0 aliphatic heterocycles. The Balaban J connectivity index is 3.17. The highest BCUT2D eigenvalue weighted by Gasteiger charge is 2.35. The number of terminal acetylenes is 1. The predicted octanol–water partition coefficient (Wildman–Crippen LogP) is 1.41. The number of ether oxygens (including phenoxy) is 2. The number of aliphatic hydroxyl groups is 1. The van der Waals surface area contributed by atoms with E-state index in [4.69, 9.17) is 15.9 Å². The second-order valence-corrected chi connectivity index (χ2v) is 8.38. The summed E-state index contributed by atoms with van der Waals surface area (Å²) in [5.74, 6) is -2.01. The van der Waals surface area contributed by atoms with Gasteiger partial charge in [-0.05, 0) is 40.2 Å².